The van der Waals surface area contributed by atoms with Crippen LogP contribution in [0.5, 0.6) is 5.75 Å². The fourth-order valence-corrected chi connectivity index (χ4v) is 2.56. The maximum Gasteiger partial charge on any atom is 0.201 e. The number of hydrogen-bond donors (Lipinski definition) is 1. The minimum Gasteiger partial charge on any atom is -0.493 e. The number of carbonyl (C=O) groups excluding carboxylic acids is 1. The van der Waals surface area contributed by atoms with E-state index in [0.29, 0.717) is 11.4 Å². The zero-order valence-corrected chi connectivity index (χ0v) is 11.8. The van der Waals surface area contributed by atoms with E-state index in [9.17, 15) is 4.79 Å². The Balaban J connectivity index is 2.22. The van der Waals surface area contributed by atoms with Crippen molar-refractivity contribution in [1.29, 1.82) is 0 Å². The second-order valence-electron chi connectivity index (χ2n) is 5.00. The standard InChI is InChI=1S/C14H23N3O2/c1-3-9-17-13(12(19-2)10-16-17)14(18)11-7-5-4-6-8-15-11/h10-11,15H,3-9H2,1-2H3. The minimum atomic E-state index is -0.0938. The number of aromatic nitrogens is 2. The van der Waals surface area contributed by atoms with Crippen molar-refractivity contribution in [1.82, 2.24) is 15.1 Å². The Morgan fingerprint density at radius 1 is 1.53 bits per heavy atom. The van der Waals surface area contributed by atoms with E-state index in [0.717, 1.165) is 38.8 Å². The predicted octanol–water partition coefficient (Wildman–Crippen LogP) is 2.02. The Morgan fingerprint density at radius 2 is 2.37 bits per heavy atom. The molecule has 106 valence electrons. The van der Waals surface area contributed by atoms with Crippen LogP contribution in [0.3, 0.4) is 0 Å². The number of ketones is 1. The first kappa shape index (κ1) is 14.1. The molecule has 0 saturated carbocycles. The average Bonchev–Trinajstić information content (AvgIpc) is 2.64. The Kier molecular flexibility index (Phi) is 4.96. The molecule has 0 aliphatic carbocycles. The number of Topliss-reactive ketones (excluding diaryl/α,β-unsaturated/α-hetero) is 1. The molecule has 1 saturated heterocycles. The van der Waals surface area contributed by atoms with Gasteiger partial charge in [0.25, 0.3) is 0 Å². The Morgan fingerprint density at radius 3 is 3.11 bits per heavy atom. The summed E-state index contributed by atoms with van der Waals surface area (Å²) in [5, 5.41) is 7.60. The molecule has 0 radical (unpaired) electrons. The third-order valence-corrected chi connectivity index (χ3v) is 3.57. The van der Waals surface area contributed by atoms with Gasteiger partial charge in [-0.05, 0) is 25.8 Å². The molecule has 1 unspecified atom stereocenters. The van der Waals surface area contributed by atoms with Crippen LogP contribution in [0.1, 0.15) is 49.5 Å². The molecule has 5 heteroatoms. The van der Waals surface area contributed by atoms with E-state index in [1.807, 2.05) is 0 Å². The van der Waals surface area contributed by atoms with Gasteiger partial charge in [0, 0.05) is 6.54 Å². The lowest BCUT2D eigenvalue weighted by atomic mass is 10.0. The van der Waals surface area contributed by atoms with Crippen molar-refractivity contribution in [3.8, 4) is 5.75 Å². The van der Waals surface area contributed by atoms with Gasteiger partial charge < -0.3 is 10.1 Å². The number of nitrogens with zero attached hydrogens (tertiary/aromatic N) is 2. The van der Waals surface area contributed by atoms with Gasteiger partial charge in [0.1, 0.15) is 5.69 Å². The van der Waals surface area contributed by atoms with Crippen molar-refractivity contribution in [3.63, 3.8) is 0 Å². The molecule has 0 aromatic carbocycles. The molecule has 5 nitrogen and oxygen atoms in total. The topological polar surface area (TPSA) is 56.2 Å². The van der Waals surface area contributed by atoms with Gasteiger partial charge in [-0.1, -0.05) is 19.8 Å². The number of carbonyl (C=O) groups is 1. The van der Waals surface area contributed by atoms with Crippen LogP contribution in [-0.2, 0) is 6.54 Å². The van der Waals surface area contributed by atoms with E-state index < -0.39 is 0 Å². The molecule has 2 rings (SSSR count). The van der Waals surface area contributed by atoms with Gasteiger partial charge in [-0.15, -0.1) is 0 Å². The molecule has 1 N–H and O–H groups in total. The summed E-state index contributed by atoms with van der Waals surface area (Å²) >= 11 is 0. The molecule has 0 spiro atoms. The lowest BCUT2D eigenvalue weighted by Crippen LogP contribution is -2.37. The van der Waals surface area contributed by atoms with Crippen LogP contribution in [0.2, 0.25) is 0 Å². The highest BCUT2D eigenvalue weighted by Crippen LogP contribution is 2.22. The van der Waals surface area contributed by atoms with Crippen LogP contribution in [0.4, 0.5) is 0 Å². The van der Waals surface area contributed by atoms with Crippen LogP contribution >= 0.6 is 0 Å². The Bertz CT molecular complexity index is 420. The highest BCUT2D eigenvalue weighted by molar-refractivity contribution is 6.00. The van der Waals surface area contributed by atoms with E-state index in [1.54, 1.807) is 18.0 Å². The van der Waals surface area contributed by atoms with Crippen molar-refractivity contribution in [3.05, 3.63) is 11.9 Å². The minimum absolute atomic E-state index is 0.0938. The average molecular weight is 265 g/mol. The monoisotopic (exact) mass is 265 g/mol. The maximum absolute atomic E-state index is 12.7. The summed E-state index contributed by atoms with van der Waals surface area (Å²) < 4.78 is 7.06. The number of rotatable bonds is 5. The van der Waals surface area contributed by atoms with Crippen LogP contribution in [0.15, 0.2) is 6.20 Å². The van der Waals surface area contributed by atoms with E-state index in [-0.39, 0.29) is 11.8 Å². The molecule has 1 fully saturated rings. The second-order valence-corrected chi connectivity index (χ2v) is 5.00. The number of ether oxygens (including phenoxy) is 1. The molecule has 1 aromatic heterocycles. The highest BCUT2D eigenvalue weighted by atomic mass is 16.5. The molecule has 1 atom stereocenters. The zero-order valence-electron chi connectivity index (χ0n) is 11.8. The fraction of sp³-hybridized carbons (Fsp3) is 0.714. The SMILES string of the molecule is CCCn1ncc(OC)c1C(=O)C1CCCCCN1. The van der Waals surface area contributed by atoms with Gasteiger partial charge in [0.15, 0.2) is 5.75 Å². The normalized spacial score (nSPS) is 20.0. The van der Waals surface area contributed by atoms with Crippen molar-refractivity contribution in [2.45, 2.75) is 51.6 Å². The summed E-state index contributed by atoms with van der Waals surface area (Å²) in [5.74, 6) is 0.703. The lowest BCUT2D eigenvalue weighted by molar-refractivity contribution is 0.0926. The highest BCUT2D eigenvalue weighted by Gasteiger charge is 2.27. The second kappa shape index (κ2) is 6.70. The van der Waals surface area contributed by atoms with Crippen molar-refractivity contribution in [2.75, 3.05) is 13.7 Å². The molecular weight excluding hydrogens is 242 g/mol. The quantitative estimate of drug-likeness (QED) is 0.828. The summed E-state index contributed by atoms with van der Waals surface area (Å²) in [7, 11) is 1.59. The first-order valence-corrected chi connectivity index (χ1v) is 7.15. The van der Waals surface area contributed by atoms with Crippen molar-refractivity contribution >= 4 is 5.78 Å². The van der Waals surface area contributed by atoms with E-state index in [2.05, 4.69) is 17.3 Å². The molecule has 1 aromatic rings. The molecule has 1 aliphatic rings. The molecule has 1 aliphatic heterocycles. The van der Waals surface area contributed by atoms with Gasteiger partial charge in [0.05, 0.1) is 19.3 Å². The fourth-order valence-electron chi connectivity index (χ4n) is 2.56. The van der Waals surface area contributed by atoms with Gasteiger partial charge in [-0.3, -0.25) is 9.48 Å². The third-order valence-electron chi connectivity index (χ3n) is 3.57. The van der Waals surface area contributed by atoms with Crippen LogP contribution < -0.4 is 10.1 Å². The van der Waals surface area contributed by atoms with Gasteiger partial charge in [-0.2, -0.15) is 5.10 Å². The van der Waals surface area contributed by atoms with Gasteiger partial charge in [-0.25, -0.2) is 0 Å². The molecule has 19 heavy (non-hydrogen) atoms. The van der Waals surface area contributed by atoms with Gasteiger partial charge in [0.2, 0.25) is 5.78 Å². The lowest BCUT2D eigenvalue weighted by Gasteiger charge is -2.16. The Labute approximate surface area is 114 Å². The van der Waals surface area contributed by atoms with Gasteiger partial charge >= 0.3 is 0 Å². The summed E-state index contributed by atoms with van der Waals surface area (Å²) in [6, 6.07) is -0.0938. The largest absolute Gasteiger partial charge is 0.493 e. The van der Waals surface area contributed by atoms with Crippen LogP contribution in [0, 0.1) is 0 Å². The van der Waals surface area contributed by atoms with Crippen molar-refractivity contribution in [2.24, 2.45) is 0 Å². The molecule has 2 heterocycles. The first-order valence-electron chi connectivity index (χ1n) is 7.15. The summed E-state index contributed by atoms with van der Waals surface area (Å²) in [4.78, 5) is 12.7. The molecule has 0 amide bonds. The van der Waals surface area contributed by atoms with Crippen LogP contribution in [0.25, 0.3) is 0 Å². The predicted molar refractivity (Wildman–Crippen MR) is 73.7 cm³/mol. The third kappa shape index (κ3) is 3.15. The van der Waals surface area contributed by atoms with Crippen molar-refractivity contribution < 1.29 is 9.53 Å². The number of methoxy groups -OCH3 is 1. The summed E-state index contributed by atoms with van der Waals surface area (Å²) in [5.41, 5.74) is 0.615. The number of aryl methyl sites for hydroxylation is 1. The van der Waals surface area contributed by atoms with E-state index in [4.69, 9.17) is 4.74 Å². The zero-order chi connectivity index (χ0) is 13.7. The number of nitrogens with one attached hydrogen (secondary N) is 1. The molecule has 0 bridgehead atoms. The maximum atomic E-state index is 12.7. The first-order chi connectivity index (χ1) is 9.27. The smallest absolute Gasteiger partial charge is 0.201 e. The van der Waals surface area contributed by atoms with Crippen LogP contribution in [-0.4, -0.2) is 35.3 Å². The van der Waals surface area contributed by atoms with E-state index in [1.165, 1.54) is 6.42 Å². The summed E-state index contributed by atoms with van der Waals surface area (Å²) in [6.45, 7) is 3.74. The van der Waals surface area contributed by atoms with E-state index >= 15 is 0 Å². The molecular formula is C14H23N3O2. The summed E-state index contributed by atoms with van der Waals surface area (Å²) in [6.07, 6.45) is 6.94. The Hall–Kier alpha value is -1.36. The number of hydrogen-bond acceptors (Lipinski definition) is 4.